The summed E-state index contributed by atoms with van der Waals surface area (Å²) in [6.45, 7) is 6.79. The van der Waals surface area contributed by atoms with Gasteiger partial charge in [-0.15, -0.1) is 0 Å². The summed E-state index contributed by atoms with van der Waals surface area (Å²) in [5.74, 6) is -1.30. The van der Waals surface area contributed by atoms with Crippen LogP contribution in [0.4, 0.5) is 24.1 Å². The number of aromatic nitrogens is 6. The molecule has 1 unspecified atom stereocenters. The van der Waals surface area contributed by atoms with Gasteiger partial charge >= 0.3 is 12.2 Å². The molecule has 2 amide bonds. The molecule has 1 fully saturated rings. The predicted molar refractivity (Wildman–Crippen MR) is 182 cm³/mol. The van der Waals surface area contributed by atoms with E-state index >= 15 is 0 Å². The molecule has 6 rings (SSSR count). The van der Waals surface area contributed by atoms with Crippen molar-refractivity contribution in [2.24, 2.45) is 5.73 Å². The lowest BCUT2D eigenvalue weighted by molar-refractivity contribution is 0.148. The number of pyridine rings is 2. The topological polar surface area (TPSA) is 172 Å². The number of nitrogens with one attached hydrogen (secondary N) is 1. The van der Waals surface area contributed by atoms with Gasteiger partial charge in [-0.1, -0.05) is 20.8 Å². The minimum absolute atomic E-state index is 0.0753. The van der Waals surface area contributed by atoms with E-state index in [4.69, 9.17) is 24.9 Å². The van der Waals surface area contributed by atoms with Crippen LogP contribution in [-0.2, 0) is 22.2 Å². The summed E-state index contributed by atoms with van der Waals surface area (Å²) in [5.41, 5.74) is 7.29. The Morgan fingerprint density at radius 3 is 2.55 bits per heavy atom. The molecule has 51 heavy (non-hydrogen) atoms. The van der Waals surface area contributed by atoms with Crippen LogP contribution in [0.2, 0.25) is 0 Å². The fraction of sp³-hybridized carbons (Fsp3) is 0.343. The molecule has 1 atom stereocenters. The highest BCUT2D eigenvalue weighted by Crippen LogP contribution is 2.39. The number of piperidine rings is 1. The average Bonchev–Trinajstić information content (AvgIpc) is 3.51. The highest BCUT2D eigenvalue weighted by Gasteiger charge is 2.42. The highest BCUT2D eigenvalue weighted by molar-refractivity contribution is 5.80. The number of imidazole rings is 1. The van der Waals surface area contributed by atoms with Gasteiger partial charge in [0.15, 0.2) is 22.8 Å². The zero-order valence-electron chi connectivity index (χ0n) is 28.7. The Bertz CT molecular complexity index is 2120. The standard InChI is InChI=1S/C35H37F2N9O5/c1-34(2,3)31-42-28-27(30(43-31)51-32(38)47)41-19-46(28)17-21-15-25(20-9-10-23(36)24(37)14-20)40-16-26(21)45-13-7-11-35(18-45,44-33(48)50-5)22-8-6-12-39-29(22)49-4/h6,8-10,12,14-16,19H,7,11,13,17-18H2,1-5H3,(H2,38,47)(H,44,48). The fourth-order valence-electron chi connectivity index (χ4n) is 6.25. The maximum absolute atomic E-state index is 14.4. The summed E-state index contributed by atoms with van der Waals surface area (Å²) >= 11 is 0. The van der Waals surface area contributed by atoms with Crippen LogP contribution in [-0.4, -0.2) is 69.0 Å². The van der Waals surface area contributed by atoms with Gasteiger partial charge in [0.05, 0.1) is 50.2 Å². The Balaban J connectivity index is 1.50. The molecule has 0 radical (unpaired) electrons. The Morgan fingerprint density at radius 1 is 1.04 bits per heavy atom. The Labute approximate surface area is 292 Å². The first-order valence-electron chi connectivity index (χ1n) is 16.1. The molecule has 0 aliphatic carbocycles. The molecule has 0 saturated carbocycles. The lowest BCUT2D eigenvalue weighted by Gasteiger charge is -2.44. The van der Waals surface area contributed by atoms with Crippen LogP contribution in [0.1, 0.15) is 50.6 Å². The molecule has 0 spiro atoms. The predicted octanol–water partition coefficient (Wildman–Crippen LogP) is 5.23. The van der Waals surface area contributed by atoms with Crippen molar-refractivity contribution in [2.75, 3.05) is 32.2 Å². The van der Waals surface area contributed by atoms with Gasteiger partial charge in [-0.3, -0.25) is 4.98 Å². The number of primary amides is 1. The van der Waals surface area contributed by atoms with E-state index in [1.807, 2.05) is 26.8 Å². The molecule has 16 heteroatoms. The fourth-order valence-corrected chi connectivity index (χ4v) is 6.25. The van der Waals surface area contributed by atoms with Crippen LogP contribution in [0, 0.1) is 11.6 Å². The molecule has 4 aromatic heterocycles. The van der Waals surface area contributed by atoms with Gasteiger partial charge in [0, 0.05) is 35.8 Å². The number of carbonyl (C=O) groups excluding carboxylic acids is 2. The second kappa shape index (κ2) is 13.8. The molecule has 1 aromatic carbocycles. The first kappa shape index (κ1) is 34.9. The van der Waals surface area contributed by atoms with E-state index in [9.17, 15) is 18.4 Å². The van der Waals surface area contributed by atoms with E-state index in [1.165, 1.54) is 20.3 Å². The number of benzene rings is 1. The van der Waals surface area contributed by atoms with Crippen molar-refractivity contribution < 1.29 is 32.6 Å². The Hall–Kier alpha value is -5.93. The number of nitrogens with zero attached hydrogens (tertiary/aromatic N) is 7. The SMILES string of the molecule is COC(=O)NC1(c2cccnc2OC)CCCN(c2cnc(-c3ccc(F)c(F)c3)cc2Cn2cnc3c(OC(N)=O)nc(C(C)(C)C)nc32)C1. The van der Waals surface area contributed by atoms with Crippen LogP contribution >= 0.6 is 0 Å². The van der Waals surface area contributed by atoms with Crippen molar-refractivity contribution in [3.63, 3.8) is 0 Å². The van der Waals surface area contributed by atoms with Gasteiger partial charge in [-0.05, 0) is 54.8 Å². The van der Waals surface area contributed by atoms with Gasteiger partial charge in [0.25, 0.3) is 5.88 Å². The van der Waals surface area contributed by atoms with Gasteiger partial charge in [0.1, 0.15) is 5.82 Å². The monoisotopic (exact) mass is 701 g/mol. The molecule has 14 nitrogen and oxygen atoms in total. The molecule has 1 saturated heterocycles. The molecule has 5 aromatic rings. The number of hydrogen-bond donors (Lipinski definition) is 2. The quantitative estimate of drug-likeness (QED) is 0.217. The van der Waals surface area contributed by atoms with Crippen LogP contribution in [0.15, 0.2) is 55.1 Å². The van der Waals surface area contributed by atoms with E-state index in [1.54, 1.807) is 35.4 Å². The number of amides is 2. The number of anilines is 1. The number of fused-ring (bicyclic) bond motifs is 1. The number of rotatable bonds is 8. The van der Waals surface area contributed by atoms with Crippen molar-refractivity contribution in [1.29, 1.82) is 0 Å². The number of carbonyl (C=O) groups is 2. The third kappa shape index (κ3) is 7.07. The summed E-state index contributed by atoms with van der Waals surface area (Å²) in [6, 6.07) is 9.00. The first-order chi connectivity index (χ1) is 24.3. The van der Waals surface area contributed by atoms with Crippen LogP contribution in [0.3, 0.4) is 0 Å². The molecule has 1 aliphatic rings. The third-order valence-corrected chi connectivity index (χ3v) is 8.66. The maximum Gasteiger partial charge on any atom is 0.411 e. The number of alkyl carbamates (subject to hydrolysis) is 1. The molecule has 266 valence electrons. The molecular formula is C35H37F2N9O5. The molecule has 1 aliphatic heterocycles. The number of hydrogen-bond acceptors (Lipinski definition) is 11. The minimum atomic E-state index is -1.05. The van der Waals surface area contributed by atoms with E-state index < -0.39 is 34.8 Å². The number of methoxy groups -OCH3 is 2. The van der Waals surface area contributed by atoms with Gasteiger partial charge < -0.3 is 34.7 Å². The van der Waals surface area contributed by atoms with E-state index in [2.05, 4.69) is 30.2 Å². The normalized spacial score (nSPS) is 16.2. The van der Waals surface area contributed by atoms with Gasteiger partial charge in [-0.2, -0.15) is 4.98 Å². The average molecular weight is 702 g/mol. The summed E-state index contributed by atoms with van der Waals surface area (Å²) in [7, 11) is 2.81. The molecule has 3 N–H and O–H groups in total. The number of halogens is 2. The van der Waals surface area contributed by atoms with E-state index in [0.29, 0.717) is 64.8 Å². The van der Waals surface area contributed by atoms with Crippen molar-refractivity contribution in [1.82, 2.24) is 34.8 Å². The first-order valence-corrected chi connectivity index (χ1v) is 16.1. The Morgan fingerprint density at radius 2 is 1.84 bits per heavy atom. The summed E-state index contributed by atoms with van der Waals surface area (Å²) in [5, 5.41) is 3.05. The minimum Gasteiger partial charge on any atom is -0.481 e. The molecule has 5 heterocycles. The van der Waals surface area contributed by atoms with E-state index in [0.717, 1.165) is 12.1 Å². The lowest BCUT2D eigenvalue weighted by atomic mass is 9.82. The smallest absolute Gasteiger partial charge is 0.411 e. The second-order valence-corrected chi connectivity index (χ2v) is 13.2. The van der Waals surface area contributed by atoms with Gasteiger partial charge in [0.2, 0.25) is 5.88 Å². The maximum atomic E-state index is 14.4. The zero-order valence-corrected chi connectivity index (χ0v) is 28.7. The summed E-state index contributed by atoms with van der Waals surface area (Å²) in [6.07, 6.45) is 4.35. The van der Waals surface area contributed by atoms with Gasteiger partial charge in [-0.25, -0.2) is 33.3 Å². The summed E-state index contributed by atoms with van der Waals surface area (Å²) < 4.78 is 45.9. The highest BCUT2D eigenvalue weighted by atomic mass is 19.2. The zero-order chi connectivity index (χ0) is 36.5. The van der Waals surface area contributed by atoms with Crippen LogP contribution in [0.5, 0.6) is 11.8 Å². The lowest BCUT2D eigenvalue weighted by Crippen LogP contribution is -2.57. The van der Waals surface area contributed by atoms with Crippen molar-refractivity contribution in [3.05, 3.63) is 83.7 Å². The van der Waals surface area contributed by atoms with E-state index in [-0.39, 0.29) is 24.5 Å². The van der Waals surface area contributed by atoms with Crippen molar-refractivity contribution in [2.45, 2.75) is 51.1 Å². The molecular weight excluding hydrogens is 664 g/mol. The van der Waals surface area contributed by atoms with Crippen LogP contribution in [0.25, 0.3) is 22.4 Å². The molecule has 0 bridgehead atoms. The Kier molecular flexibility index (Phi) is 9.42. The van der Waals surface area contributed by atoms with Crippen LogP contribution < -0.4 is 25.4 Å². The van der Waals surface area contributed by atoms with Crippen molar-refractivity contribution in [3.8, 4) is 23.0 Å². The largest absolute Gasteiger partial charge is 0.481 e. The summed E-state index contributed by atoms with van der Waals surface area (Å²) in [4.78, 5) is 49.4. The third-order valence-electron chi connectivity index (χ3n) is 8.66. The second-order valence-electron chi connectivity index (χ2n) is 13.2. The van der Waals surface area contributed by atoms with Crippen molar-refractivity contribution >= 4 is 29.0 Å². The number of nitrogens with two attached hydrogens (primary N) is 1. The number of ether oxygens (including phenoxy) is 3.